The number of nitrogens with zero attached hydrogens (tertiary/aromatic N) is 2. The summed E-state index contributed by atoms with van der Waals surface area (Å²) in [5.41, 5.74) is 0.815. The predicted molar refractivity (Wildman–Crippen MR) is 103 cm³/mol. The van der Waals surface area contributed by atoms with Crippen molar-refractivity contribution in [2.75, 3.05) is 39.8 Å². The minimum absolute atomic E-state index is 0.147. The second-order valence-corrected chi connectivity index (χ2v) is 6.62. The number of ether oxygens (including phenoxy) is 1. The quantitative estimate of drug-likeness (QED) is 0.474. The van der Waals surface area contributed by atoms with Crippen LogP contribution in [0.5, 0.6) is 11.5 Å². The normalized spacial score (nSPS) is 16.6. The maximum atomic E-state index is 12.5. The third-order valence-corrected chi connectivity index (χ3v) is 4.61. The Labute approximate surface area is 159 Å². The van der Waals surface area contributed by atoms with Gasteiger partial charge in [-0.2, -0.15) is 0 Å². The lowest BCUT2D eigenvalue weighted by Gasteiger charge is -2.32. The van der Waals surface area contributed by atoms with E-state index in [1.54, 1.807) is 18.1 Å². The third kappa shape index (κ3) is 7.21. The molecule has 0 aliphatic carbocycles. The first-order chi connectivity index (χ1) is 13.0. The van der Waals surface area contributed by atoms with E-state index in [0.29, 0.717) is 31.8 Å². The summed E-state index contributed by atoms with van der Waals surface area (Å²) in [5, 5.41) is 16.6. The van der Waals surface area contributed by atoms with Gasteiger partial charge >= 0.3 is 0 Å². The zero-order chi connectivity index (χ0) is 19.6. The zero-order valence-electron chi connectivity index (χ0n) is 16.0. The van der Waals surface area contributed by atoms with Gasteiger partial charge in [-0.25, -0.2) is 8.78 Å². The number of halogens is 2. The third-order valence-electron chi connectivity index (χ3n) is 4.61. The highest BCUT2D eigenvalue weighted by atomic mass is 19.3. The Morgan fingerprint density at radius 1 is 1.37 bits per heavy atom. The van der Waals surface area contributed by atoms with Crippen molar-refractivity contribution in [1.29, 1.82) is 0 Å². The molecule has 0 spiro atoms. The van der Waals surface area contributed by atoms with Gasteiger partial charge in [-0.1, -0.05) is 6.07 Å². The number of benzene rings is 1. The molecule has 3 N–H and O–H groups in total. The molecule has 1 aliphatic heterocycles. The van der Waals surface area contributed by atoms with E-state index in [1.807, 2.05) is 19.1 Å². The number of guanidine groups is 1. The summed E-state index contributed by atoms with van der Waals surface area (Å²) in [5.74, 6) is 1.54. The summed E-state index contributed by atoms with van der Waals surface area (Å²) in [6.07, 6.45) is -0.0331. The van der Waals surface area contributed by atoms with Gasteiger partial charge in [0.2, 0.25) is 0 Å². The molecule has 1 aromatic rings. The molecule has 1 aliphatic rings. The molecule has 0 atom stereocenters. The van der Waals surface area contributed by atoms with Crippen LogP contribution in [0.2, 0.25) is 0 Å². The van der Waals surface area contributed by atoms with E-state index in [1.165, 1.54) is 0 Å². The van der Waals surface area contributed by atoms with Crippen LogP contribution < -0.4 is 15.4 Å². The van der Waals surface area contributed by atoms with E-state index in [4.69, 9.17) is 4.74 Å². The van der Waals surface area contributed by atoms with Crippen molar-refractivity contribution in [2.45, 2.75) is 38.7 Å². The fourth-order valence-corrected chi connectivity index (χ4v) is 3.14. The molecule has 6 nitrogen and oxygen atoms in total. The van der Waals surface area contributed by atoms with Gasteiger partial charge in [-0.15, -0.1) is 0 Å². The van der Waals surface area contributed by atoms with Gasteiger partial charge < -0.3 is 20.5 Å². The number of phenolic OH excluding ortho intramolecular Hbond substituents is 1. The number of likely N-dealkylation sites (tertiary alicyclic amines) is 1. The Hall–Kier alpha value is -2.09. The van der Waals surface area contributed by atoms with Gasteiger partial charge in [0.15, 0.2) is 5.96 Å². The van der Waals surface area contributed by atoms with E-state index < -0.39 is 6.43 Å². The first-order valence-corrected chi connectivity index (χ1v) is 9.43. The molecule has 1 aromatic carbocycles. The molecule has 2 rings (SSSR count). The van der Waals surface area contributed by atoms with Crippen molar-refractivity contribution in [3.63, 3.8) is 0 Å². The van der Waals surface area contributed by atoms with Crippen molar-refractivity contribution in [3.8, 4) is 11.5 Å². The van der Waals surface area contributed by atoms with Crippen LogP contribution in [-0.4, -0.2) is 68.3 Å². The summed E-state index contributed by atoms with van der Waals surface area (Å²) in [7, 11) is 1.56. The van der Waals surface area contributed by atoms with Crippen LogP contribution in [0.25, 0.3) is 0 Å². The Bertz CT molecular complexity index is 605. The number of phenols is 1. The molecule has 0 amide bonds. The molecule has 0 unspecified atom stereocenters. The molecule has 8 heteroatoms. The number of hydrogen-bond donors (Lipinski definition) is 3. The summed E-state index contributed by atoms with van der Waals surface area (Å²) in [6.45, 7) is 4.45. The maximum Gasteiger partial charge on any atom is 0.251 e. The average Bonchev–Trinajstić information content (AvgIpc) is 2.64. The number of piperidine rings is 1. The monoisotopic (exact) mass is 384 g/mol. The number of aliphatic imine (C=N–C) groups is 1. The van der Waals surface area contributed by atoms with Gasteiger partial charge in [-0.3, -0.25) is 9.89 Å². The van der Waals surface area contributed by atoms with Crippen LogP contribution in [-0.2, 0) is 6.42 Å². The van der Waals surface area contributed by atoms with Crippen LogP contribution >= 0.6 is 0 Å². The van der Waals surface area contributed by atoms with Crippen molar-refractivity contribution >= 4 is 5.96 Å². The molecule has 1 saturated heterocycles. The molecule has 1 heterocycles. The van der Waals surface area contributed by atoms with E-state index in [-0.39, 0.29) is 18.3 Å². The molecular formula is C19H30F2N4O2. The van der Waals surface area contributed by atoms with Crippen LogP contribution in [0, 0.1) is 0 Å². The number of alkyl halides is 2. The zero-order valence-corrected chi connectivity index (χ0v) is 16.0. The Kier molecular flexibility index (Phi) is 8.57. The largest absolute Gasteiger partial charge is 0.508 e. The fourth-order valence-electron chi connectivity index (χ4n) is 3.14. The molecule has 0 aromatic heterocycles. The lowest BCUT2D eigenvalue weighted by molar-refractivity contribution is 0.0744. The maximum absolute atomic E-state index is 12.5. The topological polar surface area (TPSA) is 69.1 Å². The molecule has 152 valence electrons. The number of rotatable bonds is 8. The Morgan fingerprint density at radius 3 is 2.70 bits per heavy atom. The van der Waals surface area contributed by atoms with Gasteiger partial charge in [0.1, 0.15) is 11.5 Å². The van der Waals surface area contributed by atoms with E-state index in [2.05, 4.69) is 15.6 Å². The van der Waals surface area contributed by atoms with E-state index >= 15 is 0 Å². The number of methoxy groups -OCH3 is 1. The second kappa shape index (κ2) is 10.9. The van der Waals surface area contributed by atoms with E-state index in [0.717, 1.165) is 30.9 Å². The van der Waals surface area contributed by atoms with Crippen LogP contribution in [0.4, 0.5) is 8.78 Å². The lowest BCUT2D eigenvalue weighted by atomic mass is 10.1. The molecule has 0 bridgehead atoms. The van der Waals surface area contributed by atoms with Crippen molar-refractivity contribution in [2.24, 2.45) is 4.99 Å². The average molecular weight is 384 g/mol. The van der Waals surface area contributed by atoms with Crippen molar-refractivity contribution in [1.82, 2.24) is 15.5 Å². The van der Waals surface area contributed by atoms with E-state index in [9.17, 15) is 13.9 Å². The molecule has 0 radical (unpaired) electrons. The minimum Gasteiger partial charge on any atom is -0.508 e. The fraction of sp³-hybridized carbons (Fsp3) is 0.632. The Balaban J connectivity index is 1.84. The van der Waals surface area contributed by atoms with Crippen LogP contribution in [0.15, 0.2) is 23.2 Å². The van der Waals surface area contributed by atoms with Crippen molar-refractivity contribution in [3.05, 3.63) is 23.8 Å². The second-order valence-electron chi connectivity index (χ2n) is 6.62. The Morgan fingerprint density at radius 2 is 2.11 bits per heavy atom. The van der Waals surface area contributed by atoms with Gasteiger partial charge in [0.25, 0.3) is 6.43 Å². The first-order valence-electron chi connectivity index (χ1n) is 9.43. The summed E-state index contributed by atoms with van der Waals surface area (Å²) < 4.78 is 30.0. The molecule has 0 saturated carbocycles. The molecule has 1 fully saturated rings. The summed E-state index contributed by atoms with van der Waals surface area (Å²) in [4.78, 5) is 6.38. The van der Waals surface area contributed by atoms with Gasteiger partial charge in [-0.05, 0) is 37.8 Å². The summed E-state index contributed by atoms with van der Waals surface area (Å²) >= 11 is 0. The highest BCUT2D eigenvalue weighted by Gasteiger charge is 2.21. The number of hydrogen-bond acceptors (Lipinski definition) is 4. The first kappa shape index (κ1) is 21.2. The minimum atomic E-state index is -2.28. The lowest BCUT2D eigenvalue weighted by Crippen LogP contribution is -2.49. The van der Waals surface area contributed by atoms with Crippen LogP contribution in [0.3, 0.4) is 0 Å². The smallest absolute Gasteiger partial charge is 0.251 e. The van der Waals surface area contributed by atoms with Gasteiger partial charge in [0, 0.05) is 38.3 Å². The number of nitrogens with one attached hydrogen (secondary N) is 2. The highest BCUT2D eigenvalue weighted by molar-refractivity contribution is 5.80. The molecular weight excluding hydrogens is 354 g/mol. The highest BCUT2D eigenvalue weighted by Crippen LogP contribution is 2.23. The van der Waals surface area contributed by atoms with Crippen LogP contribution in [0.1, 0.15) is 25.3 Å². The standard InChI is InChI=1S/C19H30F2N4O2/c1-3-22-19(24-15-7-10-25(11-8-15)13-18(20)21)23-9-6-14-4-5-16(27-2)12-17(14)26/h4-5,12,15,18,26H,3,6-11,13H2,1-2H3,(H2,22,23,24). The van der Waals surface area contributed by atoms with Crippen molar-refractivity contribution < 1.29 is 18.6 Å². The SMILES string of the molecule is CCNC(=NCCc1ccc(OC)cc1O)NC1CCN(CC(F)F)CC1. The van der Waals surface area contributed by atoms with Gasteiger partial charge in [0.05, 0.1) is 13.7 Å². The summed E-state index contributed by atoms with van der Waals surface area (Å²) in [6, 6.07) is 5.47. The predicted octanol–water partition coefficient (Wildman–Crippen LogP) is 2.23. The molecule has 27 heavy (non-hydrogen) atoms. The number of aromatic hydroxyl groups is 1.